The molecule has 0 saturated heterocycles. The van der Waals surface area contributed by atoms with Crippen molar-refractivity contribution in [2.45, 2.75) is 13.8 Å². The number of ether oxygens (including phenoxy) is 1. The van der Waals surface area contributed by atoms with Crippen molar-refractivity contribution in [3.8, 4) is 5.75 Å². The van der Waals surface area contributed by atoms with Crippen LogP contribution in [0.1, 0.15) is 23.0 Å². The van der Waals surface area contributed by atoms with Gasteiger partial charge in [0.2, 0.25) is 0 Å². The number of benzene rings is 1. The molecule has 19 heavy (non-hydrogen) atoms. The molecule has 4 heteroatoms. The van der Waals surface area contributed by atoms with Crippen LogP contribution in [0, 0.1) is 6.92 Å². The minimum atomic E-state index is 0.0591. The molecule has 0 unspecified atom stereocenters. The van der Waals surface area contributed by atoms with Crippen LogP contribution < -0.4 is 4.74 Å². The molecule has 4 nitrogen and oxygen atoms in total. The van der Waals surface area contributed by atoms with Crippen LogP contribution in [-0.2, 0) is 0 Å². The molecule has 0 atom stereocenters. The molecule has 2 aromatic rings. The highest BCUT2D eigenvalue weighted by atomic mass is 16.5. The van der Waals surface area contributed by atoms with Gasteiger partial charge in [0.15, 0.2) is 5.78 Å². The Balaban J connectivity index is 2.25. The Bertz CT molecular complexity index is 599. The Morgan fingerprint density at radius 1 is 1.37 bits per heavy atom. The van der Waals surface area contributed by atoms with Crippen LogP contribution in [0.5, 0.6) is 5.75 Å². The van der Waals surface area contributed by atoms with E-state index in [0.29, 0.717) is 12.3 Å². The van der Waals surface area contributed by atoms with E-state index in [1.54, 1.807) is 6.92 Å². The van der Waals surface area contributed by atoms with E-state index in [9.17, 15) is 4.79 Å². The maximum atomic E-state index is 11.5. The monoisotopic (exact) mass is 260 g/mol. The van der Waals surface area contributed by atoms with Gasteiger partial charge in [0, 0.05) is 24.4 Å². The Hall–Kier alpha value is -1.81. The van der Waals surface area contributed by atoms with E-state index >= 15 is 0 Å². The predicted octanol–water partition coefficient (Wildman–Crippen LogP) is 2.62. The zero-order valence-electron chi connectivity index (χ0n) is 11.9. The number of aromatic nitrogens is 1. The maximum absolute atomic E-state index is 11.5. The molecule has 0 radical (unpaired) electrons. The highest BCUT2D eigenvalue weighted by Gasteiger charge is 2.11. The number of aromatic amines is 1. The van der Waals surface area contributed by atoms with E-state index in [4.69, 9.17) is 4.74 Å². The minimum absolute atomic E-state index is 0.0591. The first kappa shape index (κ1) is 13.6. The van der Waals surface area contributed by atoms with Crippen molar-refractivity contribution in [1.29, 1.82) is 0 Å². The van der Waals surface area contributed by atoms with Crippen LogP contribution in [0.4, 0.5) is 0 Å². The van der Waals surface area contributed by atoms with Crippen LogP contribution in [0.2, 0.25) is 0 Å². The molecule has 0 aliphatic heterocycles. The first-order valence-corrected chi connectivity index (χ1v) is 6.40. The number of carbonyl (C=O) groups is 1. The fourth-order valence-electron chi connectivity index (χ4n) is 2.09. The summed E-state index contributed by atoms with van der Waals surface area (Å²) in [5, 5.41) is 1.05. The number of ketones is 1. The predicted molar refractivity (Wildman–Crippen MR) is 77.1 cm³/mol. The molecule has 0 bridgehead atoms. The van der Waals surface area contributed by atoms with E-state index in [1.165, 1.54) is 0 Å². The molecule has 1 heterocycles. The lowest BCUT2D eigenvalue weighted by atomic mass is 10.1. The number of likely N-dealkylation sites (N-methyl/N-ethyl adjacent to an activating group) is 1. The number of hydrogen-bond donors (Lipinski definition) is 1. The summed E-state index contributed by atoms with van der Waals surface area (Å²) in [5.74, 6) is 0.898. The van der Waals surface area contributed by atoms with Crippen LogP contribution in [0.3, 0.4) is 0 Å². The summed E-state index contributed by atoms with van der Waals surface area (Å²) in [7, 11) is 4.03. The molecule has 0 aliphatic rings. The van der Waals surface area contributed by atoms with Crippen molar-refractivity contribution in [3.63, 3.8) is 0 Å². The summed E-state index contributed by atoms with van der Waals surface area (Å²) in [5.41, 5.74) is 2.64. The van der Waals surface area contributed by atoms with Crippen LogP contribution in [0.15, 0.2) is 18.2 Å². The van der Waals surface area contributed by atoms with Crippen LogP contribution >= 0.6 is 0 Å². The molecule has 1 aromatic heterocycles. The molecule has 1 N–H and O–H groups in total. The number of Topliss-reactive ketones (excluding diaryl/α,β-unsaturated/α-hetero) is 1. The smallest absolute Gasteiger partial charge is 0.176 e. The third-order valence-corrected chi connectivity index (χ3v) is 3.19. The Kier molecular flexibility index (Phi) is 3.90. The minimum Gasteiger partial charge on any atom is -0.492 e. The molecular formula is C15H20N2O2. The van der Waals surface area contributed by atoms with Gasteiger partial charge in [-0.2, -0.15) is 0 Å². The average Bonchev–Trinajstić information content (AvgIpc) is 2.67. The van der Waals surface area contributed by atoms with Gasteiger partial charge in [0.25, 0.3) is 0 Å². The summed E-state index contributed by atoms with van der Waals surface area (Å²) in [6.45, 7) is 5.07. The molecular weight excluding hydrogens is 240 g/mol. The lowest BCUT2D eigenvalue weighted by Crippen LogP contribution is -2.19. The molecule has 2 rings (SSSR count). The average molecular weight is 260 g/mol. The van der Waals surface area contributed by atoms with E-state index < -0.39 is 0 Å². The lowest BCUT2D eigenvalue weighted by Gasteiger charge is -2.11. The first-order valence-electron chi connectivity index (χ1n) is 6.40. The highest BCUT2D eigenvalue weighted by Crippen LogP contribution is 2.26. The second-order valence-electron chi connectivity index (χ2n) is 5.04. The summed E-state index contributed by atoms with van der Waals surface area (Å²) >= 11 is 0. The second-order valence-corrected chi connectivity index (χ2v) is 5.04. The van der Waals surface area contributed by atoms with Gasteiger partial charge in [-0.25, -0.2) is 0 Å². The maximum Gasteiger partial charge on any atom is 0.176 e. The molecule has 0 fully saturated rings. The fourth-order valence-corrected chi connectivity index (χ4v) is 2.09. The van der Waals surface area contributed by atoms with Gasteiger partial charge in [0.05, 0.1) is 5.69 Å². The van der Waals surface area contributed by atoms with Gasteiger partial charge < -0.3 is 14.6 Å². The standard InChI is InChI=1S/C15H20N2O2/c1-10-13-9-12(19-8-7-17(3)4)5-6-14(13)16-15(10)11(2)18/h5-6,9,16H,7-8H2,1-4H3. The van der Waals surface area contributed by atoms with Gasteiger partial charge in [-0.05, 0) is 44.8 Å². The largest absolute Gasteiger partial charge is 0.492 e. The zero-order chi connectivity index (χ0) is 14.0. The van der Waals surface area contributed by atoms with E-state index in [1.807, 2.05) is 39.2 Å². The van der Waals surface area contributed by atoms with Gasteiger partial charge in [-0.3, -0.25) is 4.79 Å². The molecule has 102 valence electrons. The van der Waals surface area contributed by atoms with Crippen LogP contribution in [-0.4, -0.2) is 42.9 Å². The van der Waals surface area contributed by atoms with Crippen LogP contribution in [0.25, 0.3) is 10.9 Å². The number of fused-ring (bicyclic) bond motifs is 1. The molecule has 0 amide bonds. The van der Waals surface area contributed by atoms with Crippen molar-refractivity contribution in [2.24, 2.45) is 0 Å². The molecule has 0 aliphatic carbocycles. The SMILES string of the molecule is CC(=O)c1[nH]c2ccc(OCCN(C)C)cc2c1C. The van der Waals surface area contributed by atoms with Crippen molar-refractivity contribution in [3.05, 3.63) is 29.5 Å². The number of aryl methyl sites for hydroxylation is 1. The third kappa shape index (κ3) is 2.96. The first-order chi connectivity index (χ1) is 8.99. The molecule has 0 spiro atoms. The summed E-state index contributed by atoms with van der Waals surface area (Å²) in [6.07, 6.45) is 0. The van der Waals surface area contributed by atoms with E-state index in [2.05, 4.69) is 9.88 Å². The molecule has 0 saturated carbocycles. The normalized spacial score (nSPS) is 11.2. The number of hydrogen-bond acceptors (Lipinski definition) is 3. The fraction of sp³-hybridized carbons (Fsp3) is 0.400. The number of rotatable bonds is 5. The quantitative estimate of drug-likeness (QED) is 0.841. The van der Waals surface area contributed by atoms with Crippen molar-refractivity contribution in [2.75, 3.05) is 27.2 Å². The molecule has 1 aromatic carbocycles. The Morgan fingerprint density at radius 3 is 2.74 bits per heavy atom. The van der Waals surface area contributed by atoms with Crippen molar-refractivity contribution < 1.29 is 9.53 Å². The van der Waals surface area contributed by atoms with Gasteiger partial charge in [-0.1, -0.05) is 0 Å². The Labute approximate surface area is 113 Å². The van der Waals surface area contributed by atoms with Gasteiger partial charge in [-0.15, -0.1) is 0 Å². The van der Waals surface area contributed by atoms with Crippen molar-refractivity contribution >= 4 is 16.7 Å². The van der Waals surface area contributed by atoms with Gasteiger partial charge in [0.1, 0.15) is 12.4 Å². The third-order valence-electron chi connectivity index (χ3n) is 3.19. The van der Waals surface area contributed by atoms with E-state index in [0.717, 1.165) is 28.8 Å². The number of carbonyl (C=O) groups excluding carboxylic acids is 1. The van der Waals surface area contributed by atoms with Gasteiger partial charge >= 0.3 is 0 Å². The summed E-state index contributed by atoms with van der Waals surface area (Å²) < 4.78 is 5.71. The highest BCUT2D eigenvalue weighted by molar-refractivity contribution is 6.01. The van der Waals surface area contributed by atoms with Crippen molar-refractivity contribution in [1.82, 2.24) is 9.88 Å². The topological polar surface area (TPSA) is 45.3 Å². The number of H-pyrrole nitrogens is 1. The lowest BCUT2D eigenvalue weighted by molar-refractivity contribution is 0.101. The summed E-state index contributed by atoms with van der Waals surface area (Å²) in [6, 6.07) is 5.88. The second kappa shape index (κ2) is 5.45. The summed E-state index contributed by atoms with van der Waals surface area (Å²) in [4.78, 5) is 16.7. The number of nitrogens with zero attached hydrogens (tertiary/aromatic N) is 1. The van der Waals surface area contributed by atoms with E-state index in [-0.39, 0.29) is 5.78 Å². The zero-order valence-corrected chi connectivity index (χ0v) is 11.9. The number of nitrogens with one attached hydrogen (secondary N) is 1. The Morgan fingerprint density at radius 2 is 2.11 bits per heavy atom.